The van der Waals surface area contributed by atoms with E-state index in [-0.39, 0.29) is 5.91 Å². The molecule has 1 N–H and O–H groups in total. The molecule has 10 heteroatoms. The number of alkyl halides is 3. The molecule has 0 spiro atoms. The fourth-order valence-electron chi connectivity index (χ4n) is 3.97. The van der Waals surface area contributed by atoms with Gasteiger partial charge < -0.3 is 24.3 Å². The monoisotopic (exact) mass is 467 g/mol. The molecule has 2 aromatic carbocycles. The number of carbonyl (C=O) groups is 1. The summed E-state index contributed by atoms with van der Waals surface area (Å²) in [5.74, 6) is 0.308. The van der Waals surface area contributed by atoms with E-state index in [1.165, 1.54) is 40.4 Å². The summed E-state index contributed by atoms with van der Waals surface area (Å²) in [6, 6.07) is 5.08. The van der Waals surface area contributed by atoms with Crippen molar-refractivity contribution in [2.24, 2.45) is 0 Å². The predicted molar refractivity (Wildman–Crippen MR) is 114 cm³/mol. The van der Waals surface area contributed by atoms with Crippen LogP contribution in [0.15, 0.2) is 29.1 Å². The van der Waals surface area contributed by atoms with E-state index in [4.69, 9.17) is 18.9 Å². The van der Waals surface area contributed by atoms with E-state index < -0.39 is 30.0 Å². The van der Waals surface area contributed by atoms with E-state index in [9.17, 15) is 22.8 Å². The first-order valence-corrected chi connectivity index (χ1v) is 10.1. The average Bonchev–Trinajstić information content (AvgIpc) is 2.99. The average molecular weight is 467 g/mol. The minimum absolute atomic E-state index is 0.324. The topological polar surface area (TPSA) is 83.1 Å². The van der Waals surface area contributed by atoms with Crippen LogP contribution in [0.3, 0.4) is 0 Å². The molecule has 0 saturated carbocycles. The number of amides is 1. The SMILES string of the molecule is COc1cc2c(c(OC)c1OC)-c1ccc(=O)c(OCC(F)(F)F)cc1C(NC(C)=O)CC2. The van der Waals surface area contributed by atoms with Gasteiger partial charge in [0.2, 0.25) is 17.1 Å². The number of fused-ring (bicyclic) bond motifs is 3. The first kappa shape index (κ1) is 24.2. The second-order valence-corrected chi connectivity index (χ2v) is 7.45. The zero-order valence-electron chi connectivity index (χ0n) is 18.6. The van der Waals surface area contributed by atoms with Gasteiger partial charge in [-0.2, -0.15) is 13.2 Å². The Morgan fingerprint density at radius 3 is 2.33 bits per heavy atom. The Morgan fingerprint density at radius 1 is 1.06 bits per heavy atom. The Bertz CT molecular complexity index is 1120. The highest BCUT2D eigenvalue weighted by Crippen LogP contribution is 2.50. The molecular formula is C23H24F3NO6. The second kappa shape index (κ2) is 9.60. The van der Waals surface area contributed by atoms with Crippen LogP contribution in [0.2, 0.25) is 0 Å². The molecule has 1 amide bonds. The van der Waals surface area contributed by atoms with Crippen molar-refractivity contribution in [3.05, 3.63) is 45.6 Å². The molecule has 0 fully saturated rings. The summed E-state index contributed by atoms with van der Waals surface area (Å²) >= 11 is 0. The Morgan fingerprint density at radius 2 is 1.76 bits per heavy atom. The van der Waals surface area contributed by atoms with Crippen LogP contribution in [0, 0.1) is 0 Å². The lowest BCUT2D eigenvalue weighted by molar-refractivity contribution is -0.153. The summed E-state index contributed by atoms with van der Waals surface area (Å²) in [6.07, 6.45) is -3.72. The number of methoxy groups -OCH3 is 3. The van der Waals surface area contributed by atoms with Crippen LogP contribution in [0.25, 0.3) is 11.1 Å². The lowest BCUT2D eigenvalue weighted by Crippen LogP contribution is -2.26. The molecule has 7 nitrogen and oxygen atoms in total. The molecule has 0 radical (unpaired) electrons. The molecule has 0 heterocycles. The third-order valence-corrected chi connectivity index (χ3v) is 5.27. The van der Waals surface area contributed by atoms with Gasteiger partial charge >= 0.3 is 6.18 Å². The molecule has 0 aliphatic heterocycles. The van der Waals surface area contributed by atoms with Crippen LogP contribution in [0.4, 0.5) is 13.2 Å². The standard InChI is InChI=1S/C23H24F3NO6/c1-12(28)27-16-7-5-13-9-19(30-2)21(31-3)22(32-4)20(13)14-6-8-17(29)18(10-15(14)16)33-11-23(24,25)26/h6,8-10,16H,5,7,11H2,1-4H3,(H,27,28). The molecule has 0 bridgehead atoms. The van der Waals surface area contributed by atoms with Gasteiger partial charge in [-0.15, -0.1) is 0 Å². The molecule has 1 aliphatic rings. The van der Waals surface area contributed by atoms with Crippen molar-refractivity contribution < 1.29 is 36.9 Å². The number of rotatable bonds is 6. The van der Waals surface area contributed by atoms with E-state index >= 15 is 0 Å². The normalized spacial score (nSPS) is 14.9. The summed E-state index contributed by atoms with van der Waals surface area (Å²) in [5.41, 5.74) is 1.59. The maximum Gasteiger partial charge on any atom is 0.422 e. The van der Waals surface area contributed by atoms with Gasteiger partial charge in [0.15, 0.2) is 23.9 Å². The lowest BCUT2D eigenvalue weighted by atomic mass is 9.95. The number of hydrogen-bond donors (Lipinski definition) is 1. The van der Waals surface area contributed by atoms with Crippen LogP contribution in [-0.4, -0.2) is 40.0 Å². The van der Waals surface area contributed by atoms with E-state index in [1.54, 1.807) is 6.07 Å². The zero-order chi connectivity index (χ0) is 24.3. The molecule has 1 unspecified atom stereocenters. The molecule has 33 heavy (non-hydrogen) atoms. The van der Waals surface area contributed by atoms with Crippen molar-refractivity contribution in [2.75, 3.05) is 27.9 Å². The fraction of sp³-hybridized carbons (Fsp3) is 0.391. The van der Waals surface area contributed by atoms with Gasteiger partial charge in [0, 0.05) is 12.5 Å². The number of halogens is 3. The Hall–Kier alpha value is -3.43. The Labute approximate surface area is 188 Å². The van der Waals surface area contributed by atoms with Crippen molar-refractivity contribution in [3.8, 4) is 34.1 Å². The molecule has 1 atom stereocenters. The second-order valence-electron chi connectivity index (χ2n) is 7.45. The third kappa shape index (κ3) is 5.15. The molecule has 0 aromatic heterocycles. The van der Waals surface area contributed by atoms with E-state index in [1.807, 2.05) is 0 Å². The summed E-state index contributed by atoms with van der Waals surface area (Å²) in [7, 11) is 4.39. The predicted octanol–water partition coefficient (Wildman–Crippen LogP) is 3.80. The molecule has 3 rings (SSSR count). The molecular weight excluding hydrogens is 443 g/mol. The quantitative estimate of drug-likeness (QED) is 0.696. The highest BCUT2D eigenvalue weighted by atomic mass is 19.4. The van der Waals surface area contributed by atoms with E-state index in [2.05, 4.69) is 5.32 Å². The largest absolute Gasteiger partial charge is 0.493 e. The molecule has 178 valence electrons. The van der Waals surface area contributed by atoms with Crippen LogP contribution in [0.1, 0.15) is 30.5 Å². The molecule has 2 aromatic rings. The van der Waals surface area contributed by atoms with Gasteiger partial charge in [0.05, 0.1) is 27.4 Å². The maximum atomic E-state index is 12.7. The summed E-state index contributed by atoms with van der Waals surface area (Å²) < 4.78 is 59.6. The number of hydrogen-bond acceptors (Lipinski definition) is 6. The van der Waals surface area contributed by atoms with Gasteiger partial charge in [0.1, 0.15) is 0 Å². The van der Waals surface area contributed by atoms with Crippen molar-refractivity contribution in [1.29, 1.82) is 0 Å². The van der Waals surface area contributed by atoms with Gasteiger partial charge in [-0.1, -0.05) is 0 Å². The Kier molecular flexibility index (Phi) is 7.04. The lowest BCUT2D eigenvalue weighted by Gasteiger charge is -2.20. The van der Waals surface area contributed by atoms with E-state index in [0.717, 1.165) is 11.6 Å². The molecule has 1 aliphatic carbocycles. The van der Waals surface area contributed by atoms with Crippen molar-refractivity contribution in [1.82, 2.24) is 5.32 Å². The summed E-state index contributed by atoms with van der Waals surface area (Å²) in [4.78, 5) is 24.4. The number of aryl methyl sites for hydroxylation is 1. The maximum absolute atomic E-state index is 12.7. The third-order valence-electron chi connectivity index (χ3n) is 5.27. The summed E-state index contributed by atoms with van der Waals surface area (Å²) in [6.45, 7) is -0.274. The highest BCUT2D eigenvalue weighted by molar-refractivity contribution is 5.83. The van der Waals surface area contributed by atoms with Gasteiger partial charge in [-0.05, 0) is 53.8 Å². The number of nitrogens with one attached hydrogen (secondary N) is 1. The number of ether oxygens (including phenoxy) is 4. The first-order valence-electron chi connectivity index (χ1n) is 10.1. The van der Waals surface area contributed by atoms with Crippen molar-refractivity contribution in [3.63, 3.8) is 0 Å². The van der Waals surface area contributed by atoms with Crippen molar-refractivity contribution >= 4 is 5.91 Å². The van der Waals surface area contributed by atoms with Gasteiger partial charge in [-0.3, -0.25) is 9.59 Å². The van der Waals surface area contributed by atoms with E-state index in [0.29, 0.717) is 46.8 Å². The summed E-state index contributed by atoms with van der Waals surface area (Å²) in [5, 5.41) is 2.82. The fourth-order valence-corrected chi connectivity index (χ4v) is 3.97. The van der Waals surface area contributed by atoms with Gasteiger partial charge in [0.25, 0.3) is 0 Å². The number of carbonyl (C=O) groups excluding carboxylic acids is 1. The zero-order valence-corrected chi connectivity index (χ0v) is 18.6. The minimum atomic E-state index is -4.62. The Balaban J connectivity index is 2.33. The number of benzene rings is 1. The van der Waals surface area contributed by atoms with Gasteiger partial charge in [-0.25, -0.2) is 0 Å². The van der Waals surface area contributed by atoms with Crippen LogP contribution >= 0.6 is 0 Å². The minimum Gasteiger partial charge on any atom is -0.493 e. The van der Waals surface area contributed by atoms with Crippen molar-refractivity contribution in [2.45, 2.75) is 32.0 Å². The molecule has 0 saturated heterocycles. The first-order chi connectivity index (χ1) is 15.6. The highest BCUT2D eigenvalue weighted by Gasteiger charge is 2.31. The van der Waals surface area contributed by atoms with Crippen LogP contribution < -0.4 is 29.7 Å². The van der Waals surface area contributed by atoms with Crippen LogP contribution in [0.5, 0.6) is 23.0 Å². The van der Waals surface area contributed by atoms with Crippen LogP contribution in [-0.2, 0) is 11.2 Å². The smallest absolute Gasteiger partial charge is 0.422 e.